The molecule has 1 fully saturated rings. The molecule has 0 aromatic heterocycles. The maximum Gasteiger partial charge on any atom is 0.337 e. The van der Waals surface area contributed by atoms with E-state index >= 15 is 0 Å². The number of rotatable bonds is 7. The first-order valence-electron chi connectivity index (χ1n) is 10.5. The average Bonchev–Trinajstić information content (AvgIpc) is 2.84. The minimum atomic E-state index is -3.88. The molecule has 3 aromatic carbocycles. The third-order valence-corrected chi connectivity index (χ3v) is 6.99. The van der Waals surface area contributed by atoms with Crippen LogP contribution in [-0.4, -0.2) is 52.8 Å². The number of para-hydroxylation sites is 1. The lowest BCUT2D eigenvalue weighted by Gasteiger charge is -2.38. The number of anilines is 3. The van der Waals surface area contributed by atoms with Crippen LogP contribution in [-0.2, 0) is 10.0 Å². The normalized spacial score (nSPS) is 14.1. The Morgan fingerprint density at radius 2 is 1.55 bits per heavy atom. The molecule has 0 bridgehead atoms. The number of benzene rings is 3. The number of hydrogen-bond donors (Lipinski definition) is 2. The number of piperazine rings is 1. The van der Waals surface area contributed by atoms with Crippen LogP contribution >= 0.6 is 0 Å². The number of carbonyl (C=O) groups is 1. The van der Waals surface area contributed by atoms with Crippen LogP contribution in [0, 0.1) is 0 Å². The van der Waals surface area contributed by atoms with Gasteiger partial charge in [-0.1, -0.05) is 18.2 Å². The van der Waals surface area contributed by atoms with Crippen LogP contribution in [0.15, 0.2) is 77.7 Å². The Hall–Kier alpha value is -3.72. The average molecular weight is 468 g/mol. The molecule has 4 rings (SSSR count). The first-order valence-corrected chi connectivity index (χ1v) is 11.9. The standard InChI is InChI=1S/C24H25N3O5S/c1-32-20-8-10-21(11-9-20)33(30,31)25-18-7-12-23(22(17-18)24(28)29)27-15-13-26(14-16-27)19-5-3-2-4-6-19/h2-12,17,25H,13-16H2,1H3,(H,28,29). The smallest absolute Gasteiger partial charge is 0.337 e. The molecule has 1 aliphatic rings. The van der Waals surface area contributed by atoms with Gasteiger partial charge in [0.15, 0.2) is 0 Å². The molecule has 8 nitrogen and oxygen atoms in total. The van der Waals surface area contributed by atoms with Gasteiger partial charge < -0.3 is 19.6 Å². The van der Waals surface area contributed by atoms with Gasteiger partial charge in [0.05, 0.1) is 23.3 Å². The highest BCUT2D eigenvalue weighted by molar-refractivity contribution is 7.92. The molecule has 172 valence electrons. The largest absolute Gasteiger partial charge is 0.497 e. The van der Waals surface area contributed by atoms with Crippen LogP contribution < -0.4 is 19.3 Å². The van der Waals surface area contributed by atoms with E-state index in [4.69, 9.17) is 4.74 Å². The predicted octanol–water partition coefficient (Wildman–Crippen LogP) is 3.52. The van der Waals surface area contributed by atoms with E-state index in [0.717, 1.165) is 18.8 Å². The SMILES string of the molecule is COc1ccc(S(=O)(=O)Nc2ccc(N3CCN(c4ccccc4)CC3)c(C(=O)O)c2)cc1. The summed E-state index contributed by atoms with van der Waals surface area (Å²) in [6, 6.07) is 20.7. The lowest BCUT2D eigenvalue weighted by molar-refractivity contribution is 0.0697. The number of carboxylic acids is 1. The topological polar surface area (TPSA) is 99.2 Å². The fraction of sp³-hybridized carbons (Fsp3) is 0.208. The number of aromatic carboxylic acids is 1. The summed E-state index contributed by atoms with van der Waals surface area (Å²) in [6.07, 6.45) is 0. The highest BCUT2D eigenvalue weighted by Crippen LogP contribution is 2.28. The fourth-order valence-corrected chi connectivity index (χ4v) is 4.91. The van der Waals surface area contributed by atoms with Crippen LogP contribution in [0.25, 0.3) is 0 Å². The predicted molar refractivity (Wildman–Crippen MR) is 128 cm³/mol. The third kappa shape index (κ3) is 5.04. The Kier molecular flexibility index (Phi) is 6.41. The van der Waals surface area contributed by atoms with Gasteiger partial charge in [-0.15, -0.1) is 0 Å². The van der Waals surface area contributed by atoms with Gasteiger partial charge in [-0.25, -0.2) is 13.2 Å². The summed E-state index contributed by atoms with van der Waals surface area (Å²) in [5.74, 6) is -0.570. The van der Waals surface area contributed by atoms with Crippen molar-refractivity contribution in [3.63, 3.8) is 0 Å². The van der Waals surface area contributed by atoms with Crippen molar-refractivity contribution in [2.45, 2.75) is 4.90 Å². The summed E-state index contributed by atoms with van der Waals surface area (Å²) in [5.41, 5.74) is 1.95. The lowest BCUT2D eigenvalue weighted by atomic mass is 10.1. The number of hydrogen-bond acceptors (Lipinski definition) is 6. The number of nitrogens with one attached hydrogen (secondary N) is 1. The summed E-state index contributed by atoms with van der Waals surface area (Å²) in [7, 11) is -2.38. The van der Waals surface area contributed by atoms with Gasteiger partial charge in [0.2, 0.25) is 0 Å². The Bertz CT molecular complexity index is 1220. The summed E-state index contributed by atoms with van der Waals surface area (Å²) in [6.45, 7) is 2.84. The van der Waals surface area contributed by atoms with E-state index in [2.05, 4.69) is 21.8 Å². The van der Waals surface area contributed by atoms with Crippen molar-refractivity contribution in [3.05, 3.63) is 78.4 Å². The second-order valence-electron chi connectivity index (χ2n) is 7.63. The summed E-state index contributed by atoms with van der Waals surface area (Å²) in [4.78, 5) is 16.3. The molecule has 0 aliphatic carbocycles. The van der Waals surface area contributed by atoms with Crippen LogP contribution in [0.4, 0.5) is 17.1 Å². The second-order valence-corrected chi connectivity index (χ2v) is 9.31. The first-order chi connectivity index (χ1) is 15.9. The van der Waals surface area contributed by atoms with E-state index in [9.17, 15) is 18.3 Å². The van der Waals surface area contributed by atoms with Gasteiger partial charge in [0.1, 0.15) is 5.75 Å². The molecule has 0 saturated carbocycles. The van der Waals surface area contributed by atoms with Crippen molar-refractivity contribution in [1.29, 1.82) is 0 Å². The molecule has 0 atom stereocenters. The molecule has 1 heterocycles. The molecule has 1 saturated heterocycles. The molecule has 33 heavy (non-hydrogen) atoms. The molecule has 1 aliphatic heterocycles. The third-order valence-electron chi connectivity index (χ3n) is 5.59. The molecule has 9 heteroatoms. The zero-order valence-corrected chi connectivity index (χ0v) is 19.0. The van der Waals surface area contributed by atoms with Crippen molar-refractivity contribution in [2.24, 2.45) is 0 Å². The number of carboxylic acid groups (broad SMARTS) is 1. The van der Waals surface area contributed by atoms with Crippen molar-refractivity contribution in [1.82, 2.24) is 0 Å². The Morgan fingerprint density at radius 1 is 0.909 bits per heavy atom. The minimum absolute atomic E-state index is 0.0538. The number of nitrogens with zero attached hydrogens (tertiary/aromatic N) is 2. The van der Waals surface area contributed by atoms with Crippen molar-refractivity contribution >= 4 is 33.1 Å². The summed E-state index contributed by atoms with van der Waals surface area (Å²) < 4.78 is 33.0. The zero-order valence-electron chi connectivity index (χ0n) is 18.1. The number of methoxy groups -OCH3 is 1. The van der Waals surface area contributed by atoms with E-state index in [1.54, 1.807) is 24.3 Å². The highest BCUT2D eigenvalue weighted by Gasteiger charge is 2.23. The molecular weight excluding hydrogens is 442 g/mol. The van der Waals surface area contributed by atoms with Crippen molar-refractivity contribution in [2.75, 3.05) is 47.8 Å². The number of ether oxygens (including phenoxy) is 1. The van der Waals surface area contributed by atoms with Crippen LogP contribution in [0.5, 0.6) is 5.75 Å². The van der Waals surface area contributed by atoms with Crippen molar-refractivity contribution in [3.8, 4) is 5.75 Å². The molecule has 3 aromatic rings. The van der Waals surface area contributed by atoms with Gasteiger partial charge in [0, 0.05) is 37.6 Å². The van der Waals surface area contributed by atoms with Gasteiger partial charge in [-0.2, -0.15) is 0 Å². The molecule has 0 spiro atoms. The maximum absolute atomic E-state index is 12.7. The van der Waals surface area contributed by atoms with Gasteiger partial charge in [0.25, 0.3) is 10.0 Å². The zero-order chi connectivity index (χ0) is 23.4. The fourth-order valence-electron chi connectivity index (χ4n) is 3.86. The Labute approximate surface area is 193 Å². The quantitative estimate of drug-likeness (QED) is 0.548. The molecule has 0 amide bonds. The first kappa shape index (κ1) is 22.5. The van der Waals surface area contributed by atoms with Gasteiger partial charge in [-0.3, -0.25) is 4.72 Å². The second kappa shape index (κ2) is 9.41. The number of sulfonamides is 1. The van der Waals surface area contributed by atoms with Gasteiger partial charge >= 0.3 is 5.97 Å². The highest BCUT2D eigenvalue weighted by atomic mass is 32.2. The van der Waals surface area contributed by atoms with Crippen LogP contribution in [0.3, 0.4) is 0 Å². The van der Waals surface area contributed by atoms with E-state index in [1.165, 1.54) is 25.3 Å². The lowest BCUT2D eigenvalue weighted by Crippen LogP contribution is -2.47. The molecule has 0 radical (unpaired) electrons. The van der Waals surface area contributed by atoms with E-state index in [-0.39, 0.29) is 16.1 Å². The maximum atomic E-state index is 12.7. The van der Waals surface area contributed by atoms with Crippen LogP contribution in [0.1, 0.15) is 10.4 Å². The van der Waals surface area contributed by atoms with E-state index < -0.39 is 16.0 Å². The molecule has 2 N–H and O–H groups in total. The minimum Gasteiger partial charge on any atom is -0.497 e. The van der Waals surface area contributed by atoms with E-state index in [0.29, 0.717) is 24.5 Å². The van der Waals surface area contributed by atoms with Crippen LogP contribution in [0.2, 0.25) is 0 Å². The molecule has 0 unspecified atom stereocenters. The molecular formula is C24H25N3O5S. The van der Waals surface area contributed by atoms with Crippen molar-refractivity contribution < 1.29 is 23.1 Å². The monoisotopic (exact) mass is 467 g/mol. The summed E-state index contributed by atoms with van der Waals surface area (Å²) >= 11 is 0. The Balaban J connectivity index is 1.51. The van der Waals surface area contributed by atoms with Gasteiger partial charge in [-0.05, 0) is 54.6 Å². The van der Waals surface area contributed by atoms with E-state index in [1.807, 2.05) is 23.1 Å². The summed E-state index contributed by atoms with van der Waals surface area (Å²) in [5, 5.41) is 9.80. The Morgan fingerprint density at radius 3 is 2.15 bits per heavy atom.